The standard InChI is InChI=1S/C12H13NO3/c1-13-7-6-9(14)12-8-15-10-4-2-3-5-11(10)16-12/h2-5,7,12H,6,8H2,1H3/b13-7-. The number of aliphatic imine (C=N–C) groups is 1. The van der Waals surface area contributed by atoms with E-state index in [4.69, 9.17) is 9.47 Å². The lowest BCUT2D eigenvalue weighted by atomic mass is 10.1. The van der Waals surface area contributed by atoms with E-state index >= 15 is 0 Å². The zero-order chi connectivity index (χ0) is 11.4. The van der Waals surface area contributed by atoms with Crippen LogP contribution in [-0.2, 0) is 4.79 Å². The zero-order valence-electron chi connectivity index (χ0n) is 9.05. The Labute approximate surface area is 93.9 Å². The quantitative estimate of drug-likeness (QED) is 0.723. The lowest BCUT2D eigenvalue weighted by molar-refractivity contribution is -0.126. The first-order valence-corrected chi connectivity index (χ1v) is 5.13. The van der Waals surface area contributed by atoms with Crippen molar-refractivity contribution in [2.75, 3.05) is 13.7 Å². The minimum Gasteiger partial charge on any atom is -0.485 e. The number of hydrogen-bond donors (Lipinski definition) is 0. The molecule has 0 radical (unpaired) electrons. The fourth-order valence-electron chi connectivity index (χ4n) is 1.49. The van der Waals surface area contributed by atoms with Crippen molar-refractivity contribution in [3.63, 3.8) is 0 Å². The molecule has 1 heterocycles. The largest absolute Gasteiger partial charge is 0.485 e. The van der Waals surface area contributed by atoms with E-state index in [1.165, 1.54) is 0 Å². The molecule has 1 unspecified atom stereocenters. The second kappa shape index (κ2) is 4.79. The Kier molecular flexibility index (Phi) is 3.19. The number of nitrogens with zero attached hydrogens (tertiary/aromatic N) is 1. The van der Waals surface area contributed by atoms with Crippen LogP contribution < -0.4 is 9.47 Å². The van der Waals surface area contributed by atoms with Crippen LogP contribution in [0.3, 0.4) is 0 Å². The molecule has 2 rings (SSSR count). The van der Waals surface area contributed by atoms with E-state index in [0.29, 0.717) is 11.5 Å². The first-order valence-electron chi connectivity index (χ1n) is 5.13. The molecule has 84 valence electrons. The fourth-order valence-corrected chi connectivity index (χ4v) is 1.49. The molecule has 16 heavy (non-hydrogen) atoms. The van der Waals surface area contributed by atoms with E-state index in [1.54, 1.807) is 19.3 Å². The van der Waals surface area contributed by atoms with Gasteiger partial charge in [-0.2, -0.15) is 0 Å². The predicted molar refractivity (Wildman–Crippen MR) is 60.4 cm³/mol. The number of Topliss-reactive ketones (excluding diaryl/α,β-unsaturated/α-hetero) is 1. The summed E-state index contributed by atoms with van der Waals surface area (Å²) >= 11 is 0. The van der Waals surface area contributed by atoms with Gasteiger partial charge >= 0.3 is 0 Å². The van der Waals surface area contributed by atoms with Gasteiger partial charge in [-0.1, -0.05) is 12.1 Å². The molecule has 0 bridgehead atoms. The zero-order valence-corrected chi connectivity index (χ0v) is 9.05. The fraction of sp³-hybridized carbons (Fsp3) is 0.333. The van der Waals surface area contributed by atoms with Crippen LogP contribution in [0, 0.1) is 0 Å². The summed E-state index contributed by atoms with van der Waals surface area (Å²) in [6.07, 6.45) is 1.34. The van der Waals surface area contributed by atoms with Crippen LogP contribution in [0.25, 0.3) is 0 Å². The van der Waals surface area contributed by atoms with Crippen LogP contribution in [0.15, 0.2) is 29.3 Å². The van der Waals surface area contributed by atoms with Gasteiger partial charge < -0.3 is 14.5 Å². The Morgan fingerprint density at radius 3 is 3.00 bits per heavy atom. The lowest BCUT2D eigenvalue weighted by Crippen LogP contribution is -2.36. The molecule has 0 N–H and O–H groups in total. The average Bonchev–Trinajstić information content (AvgIpc) is 2.35. The summed E-state index contributed by atoms with van der Waals surface area (Å²) in [6.45, 7) is 0.271. The van der Waals surface area contributed by atoms with Gasteiger partial charge in [0, 0.05) is 19.7 Å². The number of ether oxygens (including phenoxy) is 2. The minimum absolute atomic E-state index is 0.0138. The SMILES string of the molecule is C/N=C\CC(=O)C1COc2ccccc2O1. The molecule has 0 aromatic heterocycles. The summed E-state index contributed by atoms with van der Waals surface area (Å²) < 4.78 is 11.0. The molecule has 1 aliphatic rings. The van der Waals surface area contributed by atoms with Gasteiger partial charge in [-0.25, -0.2) is 0 Å². The van der Waals surface area contributed by atoms with Gasteiger partial charge in [0.1, 0.15) is 6.61 Å². The molecular formula is C12H13NO3. The number of benzene rings is 1. The van der Waals surface area contributed by atoms with Crippen LogP contribution in [0.2, 0.25) is 0 Å². The van der Waals surface area contributed by atoms with Gasteiger partial charge in [0.05, 0.1) is 0 Å². The van der Waals surface area contributed by atoms with Crippen LogP contribution in [0.4, 0.5) is 0 Å². The Morgan fingerprint density at radius 1 is 1.50 bits per heavy atom. The maximum absolute atomic E-state index is 11.7. The van der Waals surface area contributed by atoms with Gasteiger partial charge in [-0.3, -0.25) is 4.79 Å². The number of para-hydroxylation sites is 2. The highest BCUT2D eigenvalue weighted by Gasteiger charge is 2.26. The van der Waals surface area contributed by atoms with Gasteiger partial charge in [-0.05, 0) is 12.1 Å². The second-order valence-electron chi connectivity index (χ2n) is 3.48. The van der Waals surface area contributed by atoms with Crippen molar-refractivity contribution >= 4 is 12.0 Å². The van der Waals surface area contributed by atoms with Crippen LogP contribution in [0.5, 0.6) is 11.5 Å². The summed E-state index contributed by atoms with van der Waals surface area (Å²) in [5.41, 5.74) is 0. The molecule has 1 aromatic rings. The molecule has 0 amide bonds. The number of carbonyl (C=O) groups excluding carboxylic acids is 1. The van der Waals surface area contributed by atoms with E-state index < -0.39 is 6.10 Å². The van der Waals surface area contributed by atoms with Crippen molar-refractivity contribution in [2.24, 2.45) is 4.99 Å². The van der Waals surface area contributed by atoms with Crippen molar-refractivity contribution in [1.29, 1.82) is 0 Å². The van der Waals surface area contributed by atoms with E-state index in [2.05, 4.69) is 4.99 Å². The number of ketones is 1. The highest BCUT2D eigenvalue weighted by atomic mass is 16.6. The van der Waals surface area contributed by atoms with E-state index in [9.17, 15) is 4.79 Å². The molecule has 4 nitrogen and oxygen atoms in total. The first-order chi connectivity index (χ1) is 7.81. The Bertz CT molecular complexity index is 414. The monoisotopic (exact) mass is 219 g/mol. The predicted octanol–water partition coefficient (Wildman–Crippen LogP) is 1.49. The topological polar surface area (TPSA) is 47.9 Å². The normalized spacial score (nSPS) is 18.7. The van der Waals surface area contributed by atoms with Crippen molar-refractivity contribution in [3.05, 3.63) is 24.3 Å². The van der Waals surface area contributed by atoms with Crippen molar-refractivity contribution in [2.45, 2.75) is 12.5 Å². The smallest absolute Gasteiger partial charge is 0.191 e. The molecule has 0 saturated heterocycles. The lowest BCUT2D eigenvalue weighted by Gasteiger charge is -2.25. The van der Waals surface area contributed by atoms with Crippen molar-refractivity contribution in [3.8, 4) is 11.5 Å². The highest BCUT2D eigenvalue weighted by Crippen LogP contribution is 2.31. The van der Waals surface area contributed by atoms with Crippen LogP contribution in [-0.4, -0.2) is 31.8 Å². The molecule has 1 atom stereocenters. The highest BCUT2D eigenvalue weighted by molar-refractivity contribution is 5.94. The summed E-state index contributed by atoms with van der Waals surface area (Å²) in [7, 11) is 1.64. The Morgan fingerprint density at radius 2 is 2.25 bits per heavy atom. The molecule has 0 aliphatic carbocycles. The molecule has 4 heteroatoms. The van der Waals surface area contributed by atoms with Gasteiger partial charge in [0.15, 0.2) is 23.4 Å². The molecule has 1 aromatic carbocycles. The average molecular weight is 219 g/mol. The molecule has 0 saturated carbocycles. The number of rotatable bonds is 3. The van der Waals surface area contributed by atoms with Gasteiger partial charge in [-0.15, -0.1) is 0 Å². The number of carbonyl (C=O) groups is 1. The maximum atomic E-state index is 11.7. The van der Waals surface area contributed by atoms with Gasteiger partial charge in [0.25, 0.3) is 0 Å². The molecular weight excluding hydrogens is 206 g/mol. The summed E-state index contributed by atoms with van der Waals surface area (Å²) in [5.74, 6) is 1.30. The third-order valence-electron chi connectivity index (χ3n) is 2.34. The van der Waals surface area contributed by atoms with Crippen LogP contribution in [0.1, 0.15) is 6.42 Å². The van der Waals surface area contributed by atoms with E-state index in [0.717, 1.165) is 0 Å². The second-order valence-corrected chi connectivity index (χ2v) is 3.48. The number of hydrogen-bond acceptors (Lipinski definition) is 4. The van der Waals surface area contributed by atoms with E-state index in [1.807, 2.05) is 18.2 Å². The van der Waals surface area contributed by atoms with Crippen LogP contribution >= 0.6 is 0 Å². The molecule has 1 aliphatic heterocycles. The Hall–Kier alpha value is -1.84. The summed E-state index contributed by atoms with van der Waals surface area (Å²) in [4.78, 5) is 15.4. The maximum Gasteiger partial charge on any atom is 0.191 e. The number of fused-ring (bicyclic) bond motifs is 1. The summed E-state index contributed by atoms with van der Waals surface area (Å²) in [6, 6.07) is 7.34. The summed E-state index contributed by atoms with van der Waals surface area (Å²) in [5, 5.41) is 0. The first kappa shape index (κ1) is 10.7. The van der Waals surface area contributed by atoms with Crippen molar-refractivity contribution < 1.29 is 14.3 Å². The van der Waals surface area contributed by atoms with E-state index in [-0.39, 0.29) is 18.8 Å². The minimum atomic E-state index is -0.520. The third kappa shape index (κ3) is 2.21. The molecule has 0 fully saturated rings. The van der Waals surface area contributed by atoms with Gasteiger partial charge in [0.2, 0.25) is 0 Å². The van der Waals surface area contributed by atoms with Crippen molar-refractivity contribution in [1.82, 2.24) is 0 Å². The Balaban J connectivity index is 2.05. The third-order valence-corrected chi connectivity index (χ3v) is 2.34. The molecule has 0 spiro atoms.